The molecular formula is C18H15FN2O3. The highest BCUT2D eigenvalue weighted by Crippen LogP contribution is 2.23. The van der Waals surface area contributed by atoms with Crippen LogP contribution >= 0.6 is 0 Å². The lowest BCUT2D eigenvalue weighted by molar-refractivity contribution is 0.0279. The SMILES string of the molecule is Cc1ccccc1C(=O)O[C@@H](C)c1nnc(-c2ccc(F)cc2)o1. The van der Waals surface area contributed by atoms with Gasteiger partial charge in [0.1, 0.15) is 5.82 Å². The van der Waals surface area contributed by atoms with Gasteiger partial charge in [-0.05, 0) is 49.7 Å². The molecular weight excluding hydrogens is 311 g/mol. The maximum Gasteiger partial charge on any atom is 0.339 e. The molecule has 0 amide bonds. The van der Waals surface area contributed by atoms with Gasteiger partial charge in [0.05, 0.1) is 5.56 Å². The number of carbonyl (C=O) groups is 1. The second-order valence-corrected chi connectivity index (χ2v) is 5.31. The van der Waals surface area contributed by atoms with Crippen molar-refractivity contribution in [1.29, 1.82) is 0 Å². The number of carbonyl (C=O) groups excluding carboxylic acids is 1. The normalized spacial score (nSPS) is 12.0. The topological polar surface area (TPSA) is 65.2 Å². The van der Waals surface area contributed by atoms with Crippen molar-refractivity contribution in [3.63, 3.8) is 0 Å². The molecule has 0 fully saturated rings. The Morgan fingerprint density at radius 1 is 1.12 bits per heavy atom. The van der Waals surface area contributed by atoms with E-state index in [1.165, 1.54) is 24.3 Å². The molecule has 6 heteroatoms. The molecule has 0 aliphatic rings. The molecule has 0 unspecified atom stereocenters. The Balaban J connectivity index is 1.74. The van der Waals surface area contributed by atoms with Crippen molar-refractivity contribution in [2.75, 3.05) is 0 Å². The van der Waals surface area contributed by atoms with Crippen LogP contribution in [0.5, 0.6) is 0 Å². The fraction of sp³-hybridized carbons (Fsp3) is 0.167. The summed E-state index contributed by atoms with van der Waals surface area (Å²) >= 11 is 0. The quantitative estimate of drug-likeness (QED) is 0.675. The van der Waals surface area contributed by atoms with E-state index in [1.807, 2.05) is 19.1 Å². The molecule has 0 bridgehead atoms. The molecule has 0 aliphatic carbocycles. The smallest absolute Gasteiger partial charge is 0.339 e. The average Bonchev–Trinajstić information content (AvgIpc) is 3.06. The lowest BCUT2D eigenvalue weighted by Crippen LogP contribution is -2.10. The van der Waals surface area contributed by atoms with E-state index < -0.39 is 12.1 Å². The summed E-state index contributed by atoms with van der Waals surface area (Å²) in [6, 6.07) is 12.8. The molecule has 3 rings (SSSR count). The highest BCUT2D eigenvalue weighted by molar-refractivity contribution is 5.91. The van der Waals surface area contributed by atoms with Crippen LogP contribution in [0, 0.1) is 12.7 Å². The summed E-state index contributed by atoms with van der Waals surface area (Å²) < 4.78 is 23.8. The second-order valence-electron chi connectivity index (χ2n) is 5.31. The molecule has 24 heavy (non-hydrogen) atoms. The molecule has 0 saturated heterocycles. The summed E-state index contributed by atoms with van der Waals surface area (Å²) in [5.74, 6) is -0.388. The number of hydrogen-bond acceptors (Lipinski definition) is 5. The van der Waals surface area contributed by atoms with E-state index in [9.17, 15) is 9.18 Å². The molecule has 1 aromatic heterocycles. The van der Waals surface area contributed by atoms with Crippen molar-refractivity contribution in [2.24, 2.45) is 0 Å². The van der Waals surface area contributed by atoms with Gasteiger partial charge in [-0.1, -0.05) is 18.2 Å². The Bertz CT molecular complexity index is 859. The Labute approximate surface area is 138 Å². The Kier molecular flexibility index (Phi) is 4.37. The predicted octanol–water partition coefficient (Wildman–Crippen LogP) is 4.10. The monoisotopic (exact) mass is 326 g/mol. The summed E-state index contributed by atoms with van der Waals surface area (Å²) in [6.45, 7) is 3.48. The van der Waals surface area contributed by atoms with Crippen LogP contribution in [0.15, 0.2) is 52.9 Å². The second kappa shape index (κ2) is 6.62. The first-order chi connectivity index (χ1) is 11.5. The number of rotatable bonds is 4. The maximum atomic E-state index is 12.9. The fourth-order valence-electron chi connectivity index (χ4n) is 2.18. The predicted molar refractivity (Wildman–Crippen MR) is 84.7 cm³/mol. The number of aryl methyl sites for hydroxylation is 1. The van der Waals surface area contributed by atoms with Gasteiger partial charge in [0.25, 0.3) is 5.89 Å². The van der Waals surface area contributed by atoms with E-state index in [2.05, 4.69) is 10.2 Å². The number of halogens is 1. The van der Waals surface area contributed by atoms with Crippen LogP contribution in [0.2, 0.25) is 0 Å². The summed E-state index contributed by atoms with van der Waals surface area (Å²) in [4.78, 5) is 12.2. The van der Waals surface area contributed by atoms with Crippen molar-refractivity contribution in [3.05, 3.63) is 71.4 Å². The third kappa shape index (κ3) is 3.32. The van der Waals surface area contributed by atoms with Crippen LogP contribution in [-0.4, -0.2) is 16.2 Å². The zero-order valence-electron chi connectivity index (χ0n) is 13.2. The summed E-state index contributed by atoms with van der Waals surface area (Å²) in [7, 11) is 0. The van der Waals surface area contributed by atoms with Gasteiger partial charge in [-0.15, -0.1) is 10.2 Å². The van der Waals surface area contributed by atoms with E-state index >= 15 is 0 Å². The summed E-state index contributed by atoms with van der Waals surface area (Å²) in [5.41, 5.74) is 1.91. The lowest BCUT2D eigenvalue weighted by atomic mass is 10.1. The van der Waals surface area contributed by atoms with Crippen LogP contribution in [0.1, 0.15) is 34.8 Å². The van der Waals surface area contributed by atoms with E-state index in [1.54, 1.807) is 19.1 Å². The number of benzene rings is 2. The van der Waals surface area contributed by atoms with Crippen LogP contribution < -0.4 is 0 Å². The number of nitrogens with zero attached hydrogens (tertiary/aromatic N) is 2. The van der Waals surface area contributed by atoms with Gasteiger partial charge in [0.2, 0.25) is 5.89 Å². The van der Waals surface area contributed by atoms with Gasteiger partial charge in [-0.2, -0.15) is 0 Å². The molecule has 0 saturated carbocycles. The molecule has 5 nitrogen and oxygen atoms in total. The average molecular weight is 326 g/mol. The van der Waals surface area contributed by atoms with Crippen LogP contribution in [0.4, 0.5) is 4.39 Å². The first-order valence-corrected chi connectivity index (χ1v) is 7.40. The minimum Gasteiger partial charge on any atom is -0.449 e. The first-order valence-electron chi connectivity index (χ1n) is 7.40. The molecule has 1 heterocycles. The minimum atomic E-state index is -0.696. The molecule has 1 atom stereocenters. The van der Waals surface area contributed by atoms with Gasteiger partial charge in [-0.3, -0.25) is 0 Å². The van der Waals surface area contributed by atoms with Crippen molar-refractivity contribution in [1.82, 2.24) is 10.2 Å². The van der Waals surface area contributed by atoms with E-state index in [4.69, 9.17) is 9.15 Å². The van der Waals surface area contributed by atoms with Gasteiger partial charge in [-0.25, -0.2) is 9.18 Å². The molecule has 2 aromatic carbocycles. The Morgan fingerprint density at radius 2 is 1.83 bits per heavy atom. The summed E-state index contributed by atoms with van der Waals surface area (Å²) in [6.07, 6.45) is -0.696. The van der Waals surface area contributed by atoms with Gasteiger partial charge >= 0.3 is 5.97 Å². The number of ether oxygens (including phenoxy) is 1. The van der Waals surface area contributed by atoms with E-state index in [0.29, 0.717) is 11.1 Å². The van der Waals surface area contributed by atoms with E-state index in [0.717, 1.165) is 5.56 Å². The first kappa shape index (κ1) is 15.9. The largest absolute Gasteiger partial charge is 0.449 e. The Hall–Kier alpha value is -3.02. The zero-order valence-corrected chi connectivity index (χ0v) is 13.2. The molecule has 3 aromatic rings. The van der Waals surface area contributed by atoms with Gasteiger partial charge < -0.3 is 9.15 Å². The molecule has 0 radical (unpaired) electrons. The van der Waals surface area contributed by atoms with Crippen LogP contribution in [-0.2, 0) is 4.74 Å². The van der Waals surface area contributed by atoms with Gasteiger partial charge in [0.15, 0.2) is 6.10 Å². The third-order valence-corrected chi connectivity index (χ3v) is 3.53. The zero-order chi connectivity index (χ0) is 17.1. The molecule has 0 spiro atoms. The highest BCUT2D eigenvalue weighted by atomic mass is 19.1. The lowest BCUT2D eigenvalue weighted by Gasteiger charge is -2.10. The fourth-order valence-corrected chi connectivity index (χ4v) is 2.18. The van der Waals surface area contributed by atoms with E-state index in [-0.39, 0.29) is 17.6 Å². The highest BCUT2D eigenvalue weighted by Gasteiger charge is 2.20. The van der Waals surface area contributed by atoms with Crippen molar-refractivity contribution < 1.29 is 18.3 Å². The third-order valence-electron chi connectivity index (χ3n) is 3.53. The van der Waals surface area contributed by atoms with Crippen molar-refractivity contribution in [2.45, 2.75) is 20.0 Å². The Morgan fingerprint density at radius 3 is 2.54 bits per heavy atom. The summed E-state index contributed by atoms with van der Waals surface area (Å²) in [5, 5.41) is 7.80. The van der Waals surface area contributed by atoms with Crippen LogP contribution in [0.25, 0.3) is 11.5 Å². The van der Waals surface area contributed by atoms with Crippen LogP contribution in [0.3, 0.4) is 0 Å². The molecule has 122 valence electrons. The van der Waals surface area contributed by atoms with Crippen molar-refractivity contribution >= 4 is 5.97 Å². The number of hydrogen-bond donors (Lipinski definition) is 0. The molecule has 0 N–H and O–H groups in total. The molecule has 0 aliphatic heterocycles. The minimum absolute atomic E-state index is 0.177. The number of esters is 1. The number of aromatic nitrogens is 2. The van der Waals surface area contributed by atoms with Gasteiger partial charge in [0, 0.05) is 5.56 Å². The van der Waals surface area contributed by atoms with Crippen molar-refractivity contribution in [3.8, 4) is 11.5 Å². The standard InChI is InChI=1S/C18H15FN2O3/c1-11-5-3-4-6-15(11)18(22)23-12(2)16-20-21-17(24-16)13-7-9-14(19)10-8-13/h3-10,12H,1-2H3/t12-/m0/s1. The maximum absolute atomic E-state index is 12.9.